The molecule has 1 aromatic heterocycles. The van der Waals surface area contributed by atoms with Gasteiger partial charge in [0.1, 0.15) is 0 Å². The second kappa shape index (κ2) is 5.70. The van der Waals surface area contributed by atoms with Crippen LogP contribution in [0.3, 0.4) is 0 Å². The van der Waals surface area contributed by atoms with Gasteiger partial charge in [-0.05, 0) is 30.0 Å². The smallest absolute Gasteiger partial charge is 0.423 e. The van der Waals surface area contributed by atoms with Gasteiger partial charge in [0.05, 0.1) is 22.9 Å². The van der Waals surface area contributed by atoms with E-state index in [9.17, 15) is 18.0 Å². The number of aliphatic carboxylic acids is 1. The van der Waals surface area contributed by atoms with E-state index in [-0.39, 0.29) is 11.0 Å². The Balaban J connectivity index is 3.35. The van der Waals surface area contributed by atoms with Crippen LogP contribution >= 0.6 is 15.9 Å². The zero-order valence-corrected chi connectivity index (χ0v) is 12.4. The Labute approximate surface area is 121 Å². The predicted octanol–water partition coefficient (Wildman–Crippen LogP) is 1.01. The van der Waals surface area contributed by atoms with Gasteiger partial charge in [0, 0.05) is 6.54 Å². The van der Waals surface area contributed by atoms with Crippen molar-refractivity contribution in [2.45, 2.75) is 18.3 Å². The number of nitrogens with two attached hydrogens (primary N) is 1. The Bertz CT molecular complexity index is 503. The maximum absolute atomic E-state index is 13.1. The van der Waals surface area contributed by atoms with Crippen molar-refractivity contribution < 1.29 is 23.1 Å². The minimum absolute atomic E-state index is 0.0796. The van der Waals surface area contributed by atoms with Gasteiger partial charge in [0.25, 0.3) is 5.54 Å². The number of hydrogen-bond donors (Lipinski definition) is 2. The Hall–Kier alpha value is -1.13. The van der Waals surface area contributed by atoms with E-state index in [1.165, 1.54) is 0 Å². The fourth-order valence-electron chi connectivity index (χ4n) is 1.58. The summed E-state index contributed by atoms with van der Waals surface area (Å²) in [4.78, 5) is 12.8. The highest BCUT2D eigenvalue weighted by Gasteiger charge is 2.62. The lowest BCUT2D eigenvalue weighted by Gasteiger charge is -2.28. The molecule has 0 aromatic carbocycles. The molecule has 1 aromatic rings. The van der Waals surface area contributed by atoms with Crippen LogP contribution in [-0.2, 0) is 16.9 Å². The van der Waals surface area contributed by atoms with Crippen molar-refractivity contribution in [1.82, 2.24) is 14.7 Å². The number of carbonyl (C=O) groups is 1. The molecule has 3 N–H and O–H groups in total. The van der Waals surface area contributed by atoms with Crippen molar-refractivity contribution >= 4 is 21.9 Å². The van der Waals surface area contributed by atoms with E-state index in [1.54, 1.807) is 19.0 Å². The van der Waals surface area contributed by atoms with E-state index in [4.69, 9.17) is 10.8 Å². The van der Waals surface area contributed by atoms with Gasteiger partial charge in [-0.25, -0.2) is 4.79 Å². The van der Waals surface area contributed by atoms with E-state index < -0.39 is 23.4 Å². The first-order valence-corrected chi connectivity index (χ1v) is 6.26. The monoisotopic (exact) mass is 358 g/mol. The van der Waals surface area contributed by atoms with Crippen LogP contribution in [0.1, 0.15) is 5.69 Å². The number of carboxylic acid groups (broad SMARTS) is 1. The number of halogens is 4. The molecule has 6 nitrogen and oxygen atoms in total. The predicted molar refractivity (Wildman–Crippen MR) is 68.0 cm³/mol. The molecule has 114 valence electrons. The second-order valence-electron chi connectivity index (χ2n) is 4.48. The minimum atomic E-state index is -5.16. The van der Waals surface area contributed by atoms with Crippen LogP contribution in [0.15, 0.2) is 10.7 Å². The van der Waals surface area contributed by atoms with Crippen molar-refractivity contribution in [2.24, 2.45) is 5.73 Å². The summed E-state index contributed by atoms with van der Waals surface area (Å²) in [6.07, 6.45) is -4.06. The average molecular weight is 359 g/mol. The van der Waals surface area contributed by atoms with E-state index in [0.717, 1.165) is 10.9 Å². The SMILES string of the molecule is CN(C)CCn1ncc(Br)c1C(N)(C(=O)O)C(F)(F)F. The van der Waals surface area contributed by atoms with Crippen LogP contribution in [0.5, 0.6) is 0 Å². The van der Waals surface area contributed by atoms with Crippen molar-refractivity contribution in [3.63, 3.8) is 0 Å². The molecule has 1 heterocycles. The fraction of sp³-hybridized carbons (Fsp3) is 0.600. The lowest BCUT2D eigenvalue weighted by atomic mass is 9.95. The van der Waals surface area contributed by atoms with Crippen LogP contribution in [0.25, 0.3) is 0 Å². The van der Waals surface area contributed by atoms with E-state index in [2.05, 4.69) is 21.0 Å². The molecule has 0 radical (unpaired) electrons. The molecule has 1 rings (SSSR count). The third kappa shape index (κ3) is 2.96. The molecule has 0 fully saturated rings. The van der Waals surface area contributed by atoms with Crippen LogP contribution in [0.4, 0.5) is 13.2 Å². The number of aromatic nitrogens is 2. The van der Waals surface area contributed by atoms with Crippen LogP contribution in [-0.4, -0.2) is 52.6 Å². The molecule has 10 heteroatoms. The lowest BCUT2D eigenvalue weighted by Crippen LogP contribution is -2.58. The Morgan fingerprint density at radius 1 is 1.55 bits per heavy atom. The molecule has 20 heavy (non-hydrogen) atoms. The molecule has 0 aliphatic heterocycles. The van der Waals surface area contributed by atoms with Gasteiger partial charge < -0.3 is 15.7 Å². The molecule has 1 unspecified atom stereocenters. The molecule has 0 bridgehead atoms. The topological polar surface area (TPSA) is 84.4 Å². The summed E-state index contributed by atoms with van der Waals surface area (Å²) in [6, 6.07) is 0. The van der Waals surface area contributed by atoms with Gasteiger partial charge >= 0.3 is 12.1 Å². The number of likely N-dealkylation sites (N-methyl/N-ethyl adjacent to an activating group) is 1. The van der Waals surface area contributed by atoms with E-state index >= 15 is 0 Å². The quantitative estimate of drug-likeness (QED) is 0.820. The maximum Gasteiger partial charge on any atom is 0.423 e. The van der Waals surface area contributed by atoms with Crippen LogP contribution in [0, 0.1) is 0 Å². The zero-order valence-electron chi connectivity index (χ0n) is 10.8. The molecule has 0 aliphatic carbocycles. The molecular formula is C10H14BrF3N4O2. The van der Waals surface area contributed by atoms with E-state index in [1.807, 2.05) is 0 Å². The first kappa shape index (κ1) is 16.9. The first-order chi connectivity index (χ1) is 9.01. The standard InChI is InChI=1S/C10H14BrF3N4O2/c1-17(2)3-4-18-7(6(11)5-16-18)9(15,8(19)20)10(12,13)14/h5H,3-4,15H2,1-2H3,(H,19,20). The third-order valence-corrected chi connectivity index (χ3v) is 3.29. The average Bonchev–Trinajstić information content (AvgIpc) is 2.65. The normalized spacial score (nSPS) is 15.4. The molecule has 1 atom stereocenters. The molecule has 0 spiro atoms. The van der Waals surface area contributed by atoms with Crippen LogP contribution in [0.2, 0.25) is 0 Å². The summed E-state index contributed by atoms with van der Waals surface area (Å²) in [5, 5.41) is 12.7. The number of alkyl halides is 3. The molecule has 0 saturated heterocycles. The number of carboxylic acids is 1. The zero-order chi connectivity index (χ0) is 15.7. The van der Waals surface area contributed by atoms with Crippen molar-refractivity contribution in [2.75, 3.05) is 20.6 Å². The summed E-state index contributed by atoms with van der Waals surface area (Å²) in [5.74, 6) is -2.18. The summed E-state index contributed by atoms with van der Waals surface area (Å²) < 4.78 is 40.1. The Morgan fingerprint density at radius 3 is 2.50 bits per heavy atom. The first-order valence-electron chi connectivity index (χ1n) is 5.47. The fourth-order valence-corrected chi connectivity index (χ4v) is 2.18. The van der Waals surface area contributed by atoms with Gasteiger partial charge in [-0.1, -0.05) is 0 Å². The van der Waals surface area contributed by atoms with Gasteiger partial charge in [-0.3, -0.25) is 4.68 Å². The van der Waals surface area contributed by atoms with Gasteiger partial charge in [-0.15, -0.1) is 0 Å². The Kier molecular flexibility index (Phi) is 4.82. The number of nitrogens with zero attached hydrogens (tertiary/aromatic N) is 3. The van der Waals surface area contributed by atoms with Crippen molar-refractivity contribution in [3.8, 4) is 0 Å². The molecule has 0 aliphatic rings. The summed E-state index contributed by atoms with van der Waals surface area (Å²) in [6.45, 7) is 0.463. The van der Waals surface area contributed by atoms with Gasteiger partial charge in [-0.2, -0.15) is 18.3 Å². The van der Waals surface area contributed by atoms with Gasteiger partial charge in [0.15, 0.2) is 0 Å². The summed E-state index contributed by atoms with van der Waals surface area (Å²) in [7, 11) is 3.46. The van der Waals surface area contributed by atoms with E-state index in [0.29, 0.717) is 6.54 Å². The maximum atomic E-state index is 13.1. The third-order valence-electron chi connectivity index (χ3n) is 2.71. The second-order valence-corrected chi connectivity index (χ2v) is 5.33. The number of rotatable bonds is 5. The molecule has 0 amide bonds. The Morgan fingerprint density at radius 2 is 2.10 bits per heavy atom. The van der Waals surface area contributed by atoms with Crippen LogP contribution < -0.4 is 5.73 Å². The highest BCUT2D eigenvalue weighted by atomic mass is 79.9. The number of hydrogen-bond acceptors (Lipinski definition) is 4. The minimum Gasteiger partial charge on any atom is -0.479 e. The molecular weight excluding hydrogens is 345 g/mol. The van der Waals surface area contributed by atoms with Crippen molar-refractivity contribution in [1.29, 1.82) is 0 Å². The largest absolute Gasteiger partial charge is 0.479 e. The highest BCUT2D eigenvalue weighted by molar-refractivity contribution is 9.10. The van der Waals surface area contributed by atoms with Crippen molar-refractivity contribution in [3.05, 3.63) is 16.4 Å². The molecule has 0 saturated carbocycles. The highest BCUT2D eigenvalue weighted by Crippen LogP contribution is 2.40. The summed E-state index contributed by atoms with van der Waals surface area (Å²) >= 11 is 2.88. The summed E-state index contributed by atoms with van der Waals surface area (Å²) in [5.41, 5.74) is 1.02. The lowest BCUT2D eigenvalue weighted by molar-refractivity contribution is -0.206. The van der Waals surface area contributed by atoms with Gasteiger partial charge in [0.2, 0.25) is 0 Å².